The molecule has 0 bridgehead atoms. The molecule has 22 heavy (non-hydrogen) atoms. The van der Waals surface area contributed by atoms with Crippen LogP contribution in [0.15, 0.2) is 53.1 Å². The minimum absolute atomic E-state index is 0.0359. The summed E-state index contributed by atoms with van der Waals surface area (Å²) in [6.07, 6.45) is 1.55. The Labute approximate surface area is 131 Å². The largest absolute Gasteiger partial charge is 0.459 e. The van der Waals surface area contributed by atoms with E-state index in [0.717, 1.165) is 12.1 Å². The van der Waals surface area contributed by atoms with Crippen LogP contribution in [0.4, 0.5) is 0 Å². The average Bonchev–Trinajstić information content (AvgIpc) is 3.09. The Hall–Kier alpha value is -2.07. The number of nitrogens with zero attached hydrogens (tertiary/aromatic N) is 1. The Morgan fingerprint density at radius 2 is 2.00 bits per heavy atom. The Bertz CT molecular complexity index is 607. The van der Waals surface area contributed by atoms with Gasteiger partial charge in [-0.3, -0.25) is 4.79 Å². The molecule has 0 saturated carbocycles. The highest BCUT2D eigenvalue weighted by atomic mass is 16.3. The molecule has 0 aliphatic carbocycles. The van der Waals surface area contributed by atoms with E-state index in [2.05, 4.69) is 31.3 Å². The van der Waals surface area contributed by atoms with Gasteiger partial charge in [0.2, 0.25) is 0 Å². The van der Waals surface area contributed by atoms with Gasteiger partial charge in [0.1, 0.15) is 0 Å². The lowest BCUT2D eigenvalue weighted by molar-refractivity contribution is 0.0520. The lowest BCUT2D eigenvalue weighted by Crippen LogP contribution is -2.55. The number of rotatable bonds is 3. The fourth-order valence-electron chi connectivity index (χ4n) is 2.96. The van der Waals surface area contributed by atoms with Crippen LogP contribution in [-0.4, -0.2) is 29.9 Å². The summed E-state index contributed by atoms with van der Waals surface area (Å²) in [5.41, 5.74) is 1.15. The molecule has 2 heterocycles. The summed E-state index contributed by atoms with van der Waals surface area (Å²) in [7, 11) is 0. The number of carbonyl (C=O) groups is 1. The van der Waals surface area contributed by atoms with Crippen molar-refractivity contribution in [3.63, 3.8) is 0 Å². The van der Waals surface area contributed by atoms with Crippen LogP contribution in [0.1, 0.15) is 36.0 Å². The zero-order valence-corrected chi connectivity index (χ0v) is 13.0. The van der Waals surface area contributed by atoms with Gasteiger partial charge in [0.25, 0.3) is 5.91 Å². The summed E-state index contributed by atoms with van der Waals surface area (Å²) in [6.45, 7) is 5.81. The first-order chi connectivity index (χ1) is 10.7. The molecule has 1 aliphatic rings. The zero-order valence-electron chi connectivity index (χ0n) is 13.0. The average molecular weight is 298 g/mol. The van der Waals surface area contributed by atoms with Gasteiger partial charge in [-0.05, 0) is 23.6 Å². The first-order valence-electron chi connectivity index (χ1n) is 7.79. The Morgan fingerprint density at radius 3 is 2.64 bits per heavy atom. The molecule has 2 atom stereocenters. The number of nitrogens with one attached hydrogen (secondary N) is 1. The highest BCUT2D eigenvalue weighted by Gasteiger charge is 2.34. The van der Waals surface area contributed by atoms with E-state index >= 15 is 0 Å². The molecule has 1 aromatic carbocycles. The normalized spacial score (nSPS) is 22.0. The van der Waals surface area contributed by atoms with Crippen molar-refractivity contribution >= 4 is 5.91 Å². The number of furan rings is 1. The molecule has 3 rings (SSSR count). The second-order valence-electron chi connectivity index (χ2n) is 6.12. The smallest absolute Gasteiger partial charge is 0.290 e. The molecule has 1 aromatic heterocycles. The molecular formula is C18H22N2O2. The predicted octanol–water partition coefficient (Wildman–Crippen LogP) is 3.09. The topological polar surface area (TPSA) is 45.5 Å². The quantitative estimate of drug-likeness (QED) is 0.947. The van der Waals surface area contributed by atoms with Gasteiger partial charge in [-0.2, -0.15) is 0 Å². The lowest BCUT2D eigenvalue weighted by atomic mass is 9.95. The summed E-state index contributed by atoms with van der Waals surface area (Å²) < 4.78 is 5.32. The highest BCUT2D eigenvalue weighted by molar-refractivity contribution is 5.91. The van der Waals surface area contributed by atoms with Gasteiger partial charge in [-0.15, -0.1) is 0 Å². The van der Waals surface area contributed by atoms with E-state index < -0.39 is 0 Å². The summed E-state index contributed by atoms with van der Waals surface area (Å²) in [6, 6.07) is 14.0. The monoisotopic (exact) mass is 298 g/mol. The van der Waals surface area contributed by atoms with Crippen molar-refractivity contribution in [2.75, 3.05) is 13.1 Å². The summed E-state index contributed by atoms with van der Waals surface area (Å²) in [5, 5.41) is 3.57. The second-order valence-corrected chi connectivity index (χ2v) is 6.12. The van der Waals surface area contributed by atoms with E-state index in [4.69, 9.17) is 4.42 Å². The first kappa shape index (κ1) is 14.9. The van der Waals surface area contributed by atoms with E-state index in [1.54, 1.807) is 18.4 Å². The first-order valence-corrected chi connectivity index (χ1v) is 7.79. The molecule has 0 spiro atoms. The zero-order chi connectivity index (χ0) is 15.5. The van der Waals surface area contributed by atoms with E-state index in [0.29, 0.717) is 24.3 Å². The van der Waals surface area contributed by atoms with Crippen molar-refractivity contribution in [1.29, 1.82) is 0 Å². The van der Waals surface area contributed by atoms with Crippen LogP contribution in [0.25, 0.3) is 0 Å². The Morgan fingerprint density at radius 1 is 1.23 bits per heavy atom. The van der Waals surface area contributed by atoms with E-state index in [1.807, 2.05) is 23.1 Å². The molecule has 1 amide bonds. The molecule has 4 nitrogen and oxygen atoms in total. The Balaban J connectivity index is 1.89. The Kier molecular flexibility index (Phi) is 4.29. The van der Waals surface area contributed by atoms with E-state index in [9.17, 15) is 4.79 Å². The van der Waals surface area contributed by atoms with Crippen LogP contribution in [0.3, 0.4) is 0 Å². The van der Waals surface area contributed by atoms with Crippen molar-refractivity contribution in [2.24, 2.45) is 5.92 Å². The number of carbonyl (C=O) groups excluding carboxylic acids is 1. The lowest BCUT2D eigenvalue weighted by Gasteiger charge is -2.41. The van der Waals surface area contributed by atoms with Crippen LogP contribution in [0.5, 0.6) is 0 Å². The molecule has 4 heteroatoms. The third-order valence-electron chi connectivity index (χ3n) is 4.32. The van der Waals surface area contributed by atoms with E-state index in [-0.39, 0.29) is 11.9 Å². The van der Waals surface area contributed by atoms with E-state index in [1.165, 1.54) is 0 Å². The standard InChI is InChI=1S/C18H22N2O2/c1-13(2)15-12-20(18(21)17-9-6-10-22-17)16(11-19-15)14-7-4-3-5-8-14/h3-10,13,15-16,19H,11-12H2,1-2H3. The molecule has 1 fully saturated rings. The van der Waals surface area contributed by atoms with Crippen molar-refractivity contribution < 1.29 is 9.21 Å². The second kappa shape index (κ2) is 6.36. The fourth-order valence-corrected chi connectivity index (χ4v) is 2.96. The van der Waals surface area contributed by atoms with Crippen molar-refractivity contribution in [1.82, 2.24) is 10.2 Å². The maximum atomic E-state index is 12.8. The molecule has 116 valence electrons. The minimum atomic E-state index is -0.0361. The number of benzene rings is 1. The van der Waals surface area contributed by atoms with Crippen LogP contribution in [0.2, 0.25) is 0 Å². The summed E-state index contributed by atoms with van der Waals surface area (Å²) >= 11 is 0. The van der Waals surface area contributed by atoms with Gasteiger partial charge >= 0.3 is 0 Å². The van der Waals surface area contributed by atoms with Gasteiger partial charge in [-0.1, -0.05) is 44.2 Å². The highest BCUT2D eigenvalue weighted by Crippen LogP contribution is 2.27. The van der Waals surface area contributed by atoms with Crippen molar-refractivity contribution in [3.05, 3.63) is 60.1 Å². The maximum absolute atomic E-state index is 12.8. The predicted molar refractivity (Wildman–Crippen MR) is 85.6 cm³/mol. The number of hydrogen-bond acceptors (Lipinski definition) is 3. The third kappa shape index (κ3) is 2.92. The third-order valence-corrected chi connectivity index (χ3v) is 4.32. The molecule has 2 unspecified atom stereocenters. The minimum Gasteiger partial charge on any atom is -0.459 e. The van der Waals surface area contributed by atoms with Gasteiger partial charge in [0, 0.05) is 19.1 Å². The molecule has 1 N–H and O–H groups in total. The maximum Gasteiger partial charge on any atom is 0.290 e. The van der Waals surface area contributed by atoms with Crippen LogP contribution in [-0.2, 0) is 0 Å². The molecular weight excluding hydrogens is 276 g/mol. The number of piperazine rings is 1. The molecule has 1 aliphatic heterocycles. The fraction of sp³-hybridized carbons (Fsp3) is 0.389. The summed E-state index contributed by atoms with van der Waals surface area (Å²) in [5.74, 6) is 0.847. The van der Waals surface area contributed by atoms with Gasteiger partial charge < -0.3 is 14.6 Å². The van der Waals surface area contributed by atoms with Crippen molar-refractivity contribution in [3.8, 4) is 0 Å². The van der Waals surface area contributed by atoms with Crippen molar-refractivity contribution in [2.45, 2.75) is 25.9 Å². The SMILES string of the molecule is CC(C)C1CN(C(=O)c2ccco2)C(c2ccccc2)CN1. The number of hydrogen-bond donors (Lipinski definition) is 1. The summed E-state index contributed by atoms with van der Waals surface area (Å²) in [4.78, 5) is 14.8. The van der Waals surface area contributed by atoms with Gasteiger partial charge in [0.15, 0.2) is 5.76 Å². The van der Waals surface area contributed by atoms with Crippen LogP contribution in [0, 0.1) is 5.92 Å². The molecule has 0 radical (unpaired) electrons. The number of amides is 1. The van der Waals surface area contributed by atoms with Crippen LogP contribution >= 0.6 is 0 Å². The molecule has 2 aromatic rings. The molecule has 1 saturated heterocycles. The van der Waals surface area contributed by atoms with Gasteiger partial charge in [0.05, 0.1) is 12.3 Å². The van der Waals surface area contributed by atoms with Gasteiger partial charge in [-0.25, -0.2) is 0 Å². The van der Waals surface area contributed by atoms with Crippen LogP contribution < -0.4 is 5.32 Å².